The molecule has 138 valence electrons. The molecule has 0 unspecified atom stereocenters. The molecule has 1 aromatic heterocycles. The zero-order valence-electron chi connectivity index (χ0n) is 14.9. The molecule has 0 radical (unpaired) electrons. The van der Waals surface area contributed by atoms with Crippen LogP contribution in [0.4, 0.5) is 15.9 Å². The van der Waals surface area contributed by atoms with Crippen molar-refractivity contribution < 1.29 is 13.9 Å². The van der Waals surface area contributed by atoms with Crippen LogP contribution in [0.2, 0.25) is 0 Å². The van der Waals surface area contributed by atoms with Gasteiger partial charge >= 0.3 is 0 Å². The van der Waals surface area contributed by atoms with Gasteiger partial charge in [-0.2, -0.15) is 0 Å². The van der Waals surface area contributed by atoms with Crippen LogP contribution in [0.3, 0.4) is 0 Å². The summed E-state index contributed by atoms with van der Waals surface area (Å²) in [6, 6.07) is 17.4. The van der Waals surface area contributed by atoms with Gasteiger partial charge in [0.25, 0.3) is 0 Å². The molecule has 0 atom stereocenters. The number of halogens is 1. The number of hydrogen-bond acceptors (Lipinski definition) is 4. The van der Waals surface area contributed by atoms with Crippen LogP contribution in [-0.4, -0.2) is 18.0 Å². The van der Waals surface area contributed by atoms with Crippen LogP contribution in [0.15, 0.2) is 66.9 Å². The molecule has 1 amide bonds. The monoisotopic (exact) mass is 365 g/mol. The van der Waals surface area contributed by atoms with Crippen molar-refractivity contribution in [2.24, 2.45) is 0 Å². The Hall–Kier alpha value is -3.41. The summed E-state index contributed by atoms with van der Waals surface area (Å²) in [6.45, 7) is 0.359. The Labute approximate surface area is 157 Å². The van der Waals surface area contributed by atoms with Gasteiger partial charge in [0.05, 0.1) is 25.4 Å². The van der Waals surface area contributed by atoms with Crippen molar-refractivity contribution in [1.29, 1.82) is 0 Å². The molecule has 0 fully saturated rings. The summed E-state index contributed by atoms with van der Waals surface area (Å²) in [4.78, 5) is 16.3. The van der Waals surface area contributed by atoms with Gasteiger partial charge < -0.3 is 15.4 Å². The predicted molar refractivity (Wildman–Crippen MR) is 103 cm³/mol. The molecule has 3 aromatic rings. The van der Waals surface area contributed by atoms with Gasteiger partial charge in [-0.25, -0.2) is 9.37 Å². The minimum absolute atomic E-state index is 0.153. The van der Waals surface area contributed by atoms with E-state index in [-0.39, 0.29) is 18.1 Å². The third-order valence-electron chi connectivity index (χ3n) is 4.00. The smallest absolute Gasteiger partial charge is 0.229 e. The Balaban J connectivity index is 1.52. The van der Waals surface area contributed by atoms with E-state index in [0.717, 1.165) is 17.0 Å². The lowest BCUT2D eigenvalue weighted by molar-refractivity contribution is -0.115. The van der Waals surface area contributed by atoms with Crippen LogP contribution in [0.5, 0.6) is 5.75 Å². The number of nitrogens with one attached hydrogen (secondary N) is 2. The Morgan fingerprint density at radius 2 is 1.85 bits per heavy atom. The average molecular weight is 365 g/mol. The fourth-order valence-electron chi connectivity index (χ4n) is 2.53. The number of rotatable bonds is 7. The first-order valence-corrected chi connectivity index (χ1v) is 8.50. The molecule has 0 saturated carbocycles. The average Bonchev–Trinajstić information content (AvgIpc) is 2.69. The molecule has 0 saturated heterocycles. The summed E-state index contributed by atoms with van der Waals surface area (Å²) in [5.41, 5.74) is 2.21. The van der Waals surface area contributed by atoms with E-state index < -0.39 is 0 Å². The van der Waals surface area contributed by atoms with Crippen molar-refractivity contribution >= 4 is 17.4 Å². The minimum Gasteiger partial charge on any atom is -0.497 e. The Bertz CT molecular complexity index is 896. The van der Waals surface area contributed by atoms with Gasteiger partial charge in [-0.1, -0.05) is 30.3 Å². The van der Waals surface area contributed by atoms with Gasteiger partial charge in [0.1, 0.15) is 17.4 Å². The lowest BCUT2D eigenvalue weighted by Gasteiger charge is -2.09. The van der Waals surface area contributed by atoms with Crippen molar-refractivity contribution in [3.05, 3.63) is 83.8 Å². The van der Waals surface area contributed by atoms with Crippen LogP contribution in [-0.2, 0) is 17.8 Å². The molecule has 2 N–H and O–H groups in total. The van der Waals surface area contributed by atoms with E-state index in [1.54, 1.807) is 43.6 Å². The summed E-state index contributed by atoms with van der Waals surface area (Å²) in [5, 5.41) is 5.87. The van der Waals surface area contributed by atoms with Crippen molar-refractivity contribution in [2.45, 2.75) is 13.0 Å². The number of pyridine rings is 1. The first-order valence-electron chi connectivity index (χ1n) is 8.50. The first kappa shape index (κ1) is 18.4. The zero-order chi connectivity index (χ0) is 19.1. The maximum atomic E-state index is 13.6. The number of nitrogens with zero attached hydrogens (tertiary/aromatic N) is 1. The summed E-state index contributed by atoms with van der Waals surface area (Å²) in [6.07, 6.45) is 1.85. The van der Waals surface area contributed by atoms with Gasteiger partial charge in [0.2, 0.25) is 5.91 Å². The van der Waals surface area contributed by atoms with E-state index >= 15 is 0 Å². The summed E-state index contributed by atoms with van der Waals surface area (Å²) >= 11 is 0. The summed E-state index contributed by atoms with van der Waals surface area (Å²) in [5.74, 6) is 0.810. The number of hydrogen-bond donors (Lipinski definition) is 2. The number of anilines is 2. The molecule has 2 aromatic carbocycles. The number of carbonyl (C=O) groups excluding carboxylic acids is 1. The minimum atomic E-state index is -0.250. The van der Waals surface area contributed by atoms with E-state index in [0.29, 0.717) is 17.9 Å². The SMILES string of the molecule is COc1ccc(CC(=O)Nc2ccc(NCc3ccccc3F)cn2)cc1. The first-order chi connectivity index (χ1) is 13.1. The summed E-state index contributed by atoms with van der Waals surface area (Å²) < 4.78 is 18.7. The quantitative estimate of drug-likeness (QED) is 0.664. The number of carbonyl (C=O) groups is 1. The number of benzene rings is 2. The van der Waals surface area contributed by atoms with Gasteiger partial charge in [0, 0.05) is 12.1 Å². The second-order valence-corrected chi connectivity index (χ2v) is 5.95. The highest BCUT2D eigenvalue weighted by Crippen LogP contribution is 2.14. The van der Waals surface area contributed by atoms with Gasteiger partial charge in [-0.3, -0.25) is 4.79 Å². The molecule has 1 heterocycles. The van der Waals surface area contributed by atoms with Crippen molar-refractivity contribution in [1.82, 2.24) is 4.98 Å². The normalized spacial score (nSPS) is 10.3. The molecule has 6 heteroatoms. The predicted octanol–water partition coefficient (Wildman–Crippen LogP) is 4.02. The molecule has 27 heavy (non-hydrogen) atoms. The van der Waals surface area contributed by atoms with Crippen LogP contribution in [0.1, 0.15) is 11.1 Å². The molecule has 0 spiro atoms. The number of aromatic nitrogens is 1. The fraction of sp³-hybridized carbons (Fsp3) is 0.143. The van der Waals surface area contributed by atoms with E-state index in [1.807, 2.05) is 24.3 Å². The van der Waals surface area contributed by atoms with E-state index in [9.17, 15) is 9.18 Å². The van der Waals surface area contributed by atoms with Crippen LogP contribution in [0, 0.1) is 5.82 Å². The second-order valence-electron chi connectivity index (χ2n) is 5.95. The number of amides is 1. The fourth-order valence-corrected chi connectivity index (χ4v) is 2.53. The molecule has 0 aliphatic heterocycles. The van der Waals surface area contributed by atoms with Gasteiger partial charge in [-0.05, 0) is 35.9 Å². The standard InChI is InChI=1S/C21H20FN3O2/c1-27-18-9-6-15(7-10-18)12-21(26)25-20-11-8-17(14-24-20)23-13-16-4-2-3-5-19(16)22/h2-11,14,23H,12-13H2,1H3,(H,24,25,26). The second kappa shape index (κ2) is 8.80. The van der Waals surface area contributed by atoms with E-state index in [1.165, 1.54) is 6.07 Å². The molecule has 0 bridgehead atoms. The Morgan fingerprint density at radius 3 is 2.52 bits per heavy atom. The zero-order valence-corrected chi connectivity index (χ0v) is 14.9. The van der Waals surface area contributed by atoms with E-state index in [4.69, 9.17) is 4.74 Å². The largest absolute Gasteiger partial charge is 0.497 e. The van der Waals surface area contributed by atoms with Crippen molar-refractivity contribution in [2.75, 3.05) is 17.7 Å². The highest BCUT2D eigenvalue weighted by atomic mass is 19.1. The lowest BCUT2D eigenvalue weighted by atomic mass is 10.1. The third-order valence-corrected chi connectivity index (χ3v) is 4.00. The molecule has 0 aliphatic rings. The topological polar surface area (TPSA) is 63.2 Å². The Morgan fingerprint density at radius 1 is 1.07 bits per heavy atom. The number of methoxy groups -OCH3 is 1. The lowest BCUT2D eigenvalue weighted by Crippen LogP contribution is -2.15. The molecular formula is C21H20FN3O2. The Kier molecular flexibility index (Phi) is 5.99. The highest BCUT2D eigenvalue weighted by molar-refractivity contribution is 5.91. The maximum absolute atomic E-state index is 13.6. The molecular weight excluding hydrogens is 345 g/mol. The van der Waals surface area contributed by atoms with Crippen molar-refractivity contribution in [3.63, 3.8) is 0 Å². The highest BCUT2D eigenvalue weighted by Gasteiger charge is 2.06. The van der Waals surface area contributed by atoms with Gasteiger partial charge in [0.15, 0.2) is 0 Å². The van der Waals surface area contributed by atoms with Crippen LogP contribution in [0.25, 0.3) is 0 Å². The molecule has 5 nitrogen and oxygen atoms in total. The molecule has 3 rings (SSSR count). The molecule has 0 aliphatic carbocycles. The maximum Gasteiger partial charge on any atom is 0.229 e. The number of ether oxygens (including phenoxy) is 1. The summed E-state index contributed by atoms with van der Waals surface area (Å²) in [7, 11) is 1.60. The van der Waals surface area contributed by atoms with E-state index in [2.05, 4.69) is 15.6 Å². The van der Waals surface area contributed by atoms with Crippen LogP contribution >= 0.6 is 0 Å². The third kappa shape index (κ3) is 5.28. The van der Waals surface area contributed by atoms with Crippen molar-refractivity contribution in [3.8, 4) is 5.75 Å². The van der Waals surface area contributed by atoms with Crippen LogP contribution < -0.4 is 15.4 Å². The van der Waals surface area contributed by atoms with Gasteiger partial charge in [-0.15, -0.1) is 0 Å².